The Bertz CT molecular complexity index is 240. The highest BCUT2D eigenvalue weighted by molar-refractivity contribution is 4.92. The van der Waals surface area contributed by atoms with Crippen LogP contribution in [-0.2, 0) is 0 Å². The Balaban J connectivity index is 2.28. The highest BCUT2D eigenvalue weighted by Gasteiger charge is 2.24. The van der Waals surface area contributed by atoms with Gasteiger partial charge in [-0.25, -0.2) is 0 Å². The second-order valence-electron chi connectivity index (χ2n) is 5.76. The van der Waals surface area contributed by atoms with Gasteiger partial charge in [-0.15, -0.1) is 0 Å². The molecule has 0 aromatic carbocycles. The van der Waals surface area contributed by atoms with Crippen LogP contribution in [0.15, 0.2) is 0 Å². The Kier molecular flexibility index (Phi) is 5.28. The maximum atomic E-state index is 8.95. The molecule has 92 valence electrons. The zero-order valence-electron chi connectivity index (χ0n) is 11.1. The van der Waals surface area contributed by atoms with E-state index < -0.39 is 0 Å². The van der Waals surface area contributed by atoms with Crippen LogP contribution in [0.4, 0.5) is 0 Å². The molecular formula is C14H26N2. The molecule has 0 aromatic heterocycles. The van der Waals surface area contributed by atoms with Gasteiger partial charge >= 0.3 is 0 Å². The lowest BCUT2D eigenvalue weighted by molar-refractivity contribution is 0.248. The van der Waals surface area contributed by atoms with Gasteiger partial charge < -0.3 is 5.32 Å². The predicted molar refractivity (Wildman–Crippen MR) is 68.1 cm³/mol. The quantitative estimate of drug-likeness (QED) is 0.773. The SMILES string of the molecule is CCC1CCCCC1NCCC(C)(C)C#N. The first kappa shape index (κ1) is 13.5. The summed E-state index contributed by atoms with van der Waals surface area (Å²) >= 11 is 0. The highest BCUT2D eigenvalue weighted by Crippen LogP contribution is 2.27. The van der Waals surface area contributed by atoms with Gasteiger partial charge in [-0.3, -0.25) is 0 Å². The van der Waals surface area contributed by atoms with Gasteiger partial charge in [-0.05, 0) is 45.6 Å². The zero-order chi connectivity index (χ0) is 12.0. The standard InChI is InChI=1S/C14H26N2/c1-4-12-7-5-6-8-13(12)16-10-9-14(2,3)11-15/h12-13,16H,4-10H2,1-3H3. The number of nitriles is 1. The summed E-state index contributed by atoms with van der Waals surface area (Å²) in [4.78, 5) is 0. The van der Waals surface area contributed by atoms with Gasteiger partial charge in [-0.1, -0.05) is 26.2 Å². The van der Waals surface area contributed by atoms with Crippen molar-refractivity contribution in [1.82, 2.24) is 5.32 Å². The van der Waals surface area contributed by atoms with Crippen LogP contribution >= 0.6 is 0 Å². The van der Waals surface area contributed by atoms with Crippen molar-refractivity contribution in [3.05, 3.63) is 0 Å². The molecule has 0 saturated heterocycles. The van der Waals surface area contributed by atoms with Crippen molar-refractivity contribution in [2.24, 2.45) is 11.3 Å². The van der Waals surface area contributed by atoms with Crippen LogP contribution in [0.25, 0.3) is 0 Å². The second-order valence-corrected chi connectivity index (χ2v) is 5.76. The van der Waals surface area contributed by atoms with Crippen LogP contribution in [0, 0.1) is 22.7 Å². The van der Waals surface area contributed by atoms with Crippen LogP contribution in [0.1, 0.15) is 59.3 Å². The summed E-state index contributed by atoms with van der Waals surface area (Å²) in [7, 11) is 0. The molecule has 2 unspecified atom stereocenters. The third-order valence-corrected chi connectivity index (χ3v) is 3.89. The molecule has 2 heteroatoms. The number of nitrogens with one attached hydrogen (secondary N) is 1. The van der Waals surface area contributed by atoms with E-state index in [0.29, 0.717) is 6.04 Å². The fourth-order valence-electron chi connectivity index (χ4n) is 2.59. The van der Waals surface area contributed by atoms with Crippen LogP contribution in [0.2, 0.25) is 0 Å². The summed E-state index contributed by atoms with van der Waals surface area (Å²) in [6.07, 6.45) is 7.73. The topological polar surface area (TPSA) is 35.8 Å². The van der Waals surface area contributed by atoms with Crippen molar-refractivity contribution in [2.45, 2.75) is 65.3 Å². The van der Waals surface area contributed by atoms with Crippen LogP contribution in [0.3, 0.4) is 0 Å². The van der Waals surface area contributed by atoms with E-state index >= 15 is 0 Å². The normalized spacial score (nSPS) is 26.4. The monoisotopic (exact) mass is 222 g/mol. The first-order chi connectivity index (χ1) is 7.59. The molecule has 0 radical (unpaired) electrons. The van der Waals surface area contributed by atoms with Gasteiger partial charge in [0.1, 0.15) is 0 Å². The Morgan fingerprint density at radius 2 is 2.00 bits per heavy atom. The number of nitrogens with zero attached hydrogens (tertiary/aromatic N) is 1. The third-order valence-electron chi connectivity index (χ3n) is 3.89. The molecule has 2 nitrogen and oxygen atoms in total. The molecule has 0 heterocycles. The molecule has 1 saturated carbocycles. The minimum Gasteiger partial charge on any atom is -0.314 e. The zero-order valence-corrected chi connectivity index (χ0v) is 11.1. The van der Waals surface area contributed by atoms with E-state index in [0.717, 1.165) is 18.9 Å². The van der Waals surface area contributed by atoms with Crippen molar-refractivity contribution < 1.29 is 0 Å². The average molecular weight is 222 g/mol. The molecule has 0 aliphatic heterocycles. The fraction of sp³-hybridized carbons (Fsp3) is 0.929. The molecule has 1 fully saturated rings. The van der Waals surface area contributed by atoms with Crippen molar-refractivity contribution in [3.8, 4) is 6.07 Å². The molecule has 1 aliphatic carbocycles. The summed E-state index contributed by atoms with van der Waals surface area (Å²) in [6, 6.07) is 3.07. The average Bonchev–Trinajstić information content (AvgIpc) is 2.29. The summed E-state index contributed by atoms with van der Waals surface area (Å²) in [5.74, 6) is 0.860. The van der Waals surface area contributed by atoms with E-state index in [2.05, 4.69) is 18.3 Å². The van der Waals surface area contributed by atoms with E-state index in [1.807, 2.05) is 13.8 Å². The number of hydrogen-bond donors (Lipinski definition) is 1. The highest BCUT2D eigenvalue weighted by atomic mass is 14.9. The molecule has 0 spiro atoms. The minimum atomic E-state index is -0.177. The molecule has 2 atom stereocenters. The Labute approximate surface area is 100 Å². The lowest BCUT2D eigenvalue weighted by Gasteiger charge is -2.32. The predicted octanol–water partition coefficient (Wildman–Crippen LogP) is 3.48. The van der Waals surface area contributed by atoms with Gasteiger partial charge in [0, 0.05) is 6.04 Å². The van der Waals surface area contributed by atoms with Crippen molar-refractivity contribution in [1.29, 1.82) is 5.26 Å². The molecule has 1 aliphatic rings. The molecule has 1 N–H and O–H groups in total. The minimum absolute atomic E-state index is 0.177. The van der Waals surface area contributed by atoms with Gasteiger partial charge in [0.25, 0.3) is 0 Å². The Morgan fingerprint density at radius 1 is 1.31 bits per heavy atom. The maximum absolute atomic E-state index is 8.95. The number of hydrogen-bond acceptors (Lipinski definition) is 2. The summed E-state index contributed by atoms with van der Waals surface area (Å²) in [5, 5.41) is 12.6. The largest absolute Gasteiger partial charge is 0.314 e. The lowest BCUT2D eigenvalue weighted by Crippen LogP contribution is -2.39. The smallest absolute Gasteiger partial charge is 0.0684 e. The summed E-state index contributed by atoms with van der Waals surface area (Å²) in [5.41, 5.74) is -0.177. The summed E-state index contributed by atoms with van der Waals surface area (Å²) < 4.78 is 0. The third kappa shape index (κ3) is 4.14. The van der Waals surface area contributed by atoms with Gasteiger partial charge in [-0.2, -0.15) is 5.26 Å². The van der Waals surface area contributed by atoms with E-state index in [4.69, 9.17) is 5.26 Å². The van der Waals surface area contributed by atoms with Crippen molar-refractivity contribution >= 4 is 0 Å². The van der Waals surface area contributed by atoms with Gasteiger partial charge in [0.15, 0.2) is 0 Å². The molecule has 16 heavy (non-hydrogen) atoms. The second kappa shape index (κ2) is 6.25. The van der Waals surface area contributed by atoms with Crippen LogP contribution in [0.5, 0.6) is 0 Å². The number of rotatable bonds is 5. The van der Waals surface area contributed by atoms with Gasteiger partial charge in [0.05, 0.1) is 11.5 Å². The van der Waals surface area contributed by atoms with Crippen LogP contribution < -0.4 is 5.32 Å². The maximum Gasteiger partial charge on any atom is 0.0684 e. The van der Waals surface area contributed by atoms with Crippen molar-refractivity contribution in [3.63, 3.8) is 0 Å². The molecule has 0 amide bonds. The first-order valence-corrected chi connectivity index (χ1v) is 6.73. The molecular weight excluding hydrogens is 196 g/mol. The lowest BCUT2D eigenvalue weighted by atomic mass is 9.82. The summed E-state index contributed by atoms with van der Waals surface area (Å²) in [6.45, 7) is 7.32. The van der Waals surface area contributed by atoms with E-state index in [1.54, 1.807) is 0 Å². The molecule has 0 aromatic rings. The Morgan fingerprint density at radius 3 is 2.62 bits per heavy atom. The van der Waals surface area contributed by atoms with E-state index in [-0.39, 0.29) is 5.41 Å². The fourth-order valence-corrected chi connectivity index (χ4v) is 2.59. The molecule has 1 rings (SSSR count). The Hall–Kier alpha value is -0.550. The van der Waals surface area contributed by atoms with Crippen molar-refractivity contribution in [2.75, 3.05) is 6.54 Å². The van der Waals surface area contributed by atoms with Crippen LogP contribution in [-0.4, -0.2) is 12.6 Å². The van der Waals surface area contributed by atoms with E-state index in [9.17, 15) is 0 Å². The first-order valence-electron chi connectivity index (χ1n) is 6.73. The molecule has 0 bridgehead atoms. The van der Waals surface area contributed by atoms with E-state index in [1.165, 1.54) is 32.1 Å². The van der Waals surface area contributed by atoms with Gasteiger partial charge in [0.2, 0.25) is 0 Å².